The molecule has 1 aliphatic heterocycles. The van der Waals surface area contributed by atoms with Gasteiger partial charge in [0.1, 0.15) is 10.7 Å². The Morgan fingerprint density at radius 2 is 2.04 bits per heavy atom. The van der Waals surface area contributed by atoms with Crippen molar-refractivity contribution in [1.82, 2.24) is 0 Å². The zero-order valence-corrected chi connectivity index (χ0v) is 16.8. The van der Waals surface area contributed by atoms with Crippen molar-refractivity contribution >= 4 is 56.8 Å². The van der Waals surface area contributed by atoms with E-state index in [4.69, 9.17) is 22.2 Å². The smallest absolute Gasteiger partial charge is 0.269 e. The molecule has 2 amide bonds. The fourth-order valence-electron chi connectivity index (χ4n) is 3.42. The summed E-state index contributed by atoms with van der Waals surface area (Å²) in [4.78, 5) is 32.0. The largest absolute Gasteiger partial charge is 0.382 e. The Kier molecular flexibility index (Phi) is 5.21. The number of rotatable bonds is 4. The van der Waals surface area contributed by atoms with Crippen LogP contribution in [0.15, 0.2) is 17.3 Å². The molecule has 0 radical (unpaired) electrons. The average Bonchev–Trinajstić information content (AvgIpc) is 3.31. The molecule has 0 aromatic carbocycles. The molecule has 2 aromatic rings. The molecule has 27 heavy (non-hydrogen) atoms. The first-order chi connectivity index (χ1) is 13.0. The van der Waals surface area contributed by atoms with Gasteiger partial charge in [0.2, 0.25) is 6.10 Å². The molecule has 1 unspecified atom stereocenters. The topological polar surface area (TPSA) is 93.8 Å². The highest BCUT2D eigenvalue weighted by atomic mass is 35.5. The lowest BCUT2D eigenvalue weighted by Crippen LogP contribution is -2.28. The summed E-state index contributed by atoms with van der Waals surface area (Å²) in [7, 11) is 0. The third kappa shape index (κ3) is 3.74. The van der Waals surface area contributed by atoms with E-state index in [2.05, 4.69) is 10.5 Å². The maximum absolute atomic E-state index is 12.7. The molecule has 9 heteroatoms. The van der Waals surface area contributed by atoms with Crippen molar-refractivity contribution in [2.24, 2.45) is 10.9 Å². The van der Waals surface area contributed by atoms with Crippen LogP contribution in [0.2, 0.25) is 4.34 Å². The number of carbonyl (C=O) groups is 2. The van der Waals surface area contributed by atoms with Gasteiger partial charge in [-0.3, -0.25) is 9.59 Å². The fourth-order valence-corrected chi connectivity index (χ4v) is 5.75. The lowest BCUT2D eigenvalue weighted by Gasteiger charge is -2.09. The van der Waals surface area contributed by atoms with E-state index in [1.54, 1.807) is 6.07 Å². The second-order valence-electron chi connectivity index (χ2n) is 6.56. The second-order valence-corrected chi connectivity index (χ2v) is 9.38. The normalized spacial score (nSPS) is 19.0. The summed E-state index contributed by atoms with van der Waals surface area (Å²) < 4.78 is 0.659. The van der Waals surface area contributed by atoms with Gasteiger partial charge >= 0.3 is 0 Å². The van der Waals surface area contributed by atoms with Gasteiger partial charge in [0.15, 0.2) is 0 Å². The van der Waals surface area contributed by atoms with Crippen molar-refractivity contribution in [3.63, 3.8) is 0 Å². The van der Waals surface area contributed by atoms with Gasteiger partial charge in [0, 0.05) is 11.3 Å². The van der Waals surface area contributed by atoms with Crippen molar-refractivity contribution in [2.45, 2.75) is 44.6 Å². The first-order valence-corrected chi connectivity index (χ1v) is 10.8. The van der Waals surface area contributed by atoms with E-state index in [1.807, 2.05) is 6.07 Å². The predicted molar refractivity (Wildman–Crippen MR) is 108 cm³/mol. The van der Waals surface area contributed by atoms with E-state index >= 15 is 0 Å². The van der Waals surface area contributed by atoms with Crippen molar-refractivity contribution in [2.75, 3.05) is 5.32 Å². The van der Waals surface area contributed by atoms with Gasteiger partial charge in [-0.25, -0.2) is 0 Å². The molecule has 0 saturated carbocycles. The summed E-state index contributed by atoms with van der Waals surface area (Å²) in [6.45, 7) is 0. The second kappa shape index (κ2) is 7.61. The van der Waals surface area contributed by atoms with Crippen LogP contribution in [0.4, 0.5) is 5.00 Å². The quantitative estimate of drug-likeness (QED) is 0.728. The summed E-state index contributed by atoms with van der Waals surface area (Å²) in [6, 6.07) is 3.65. The fraction of sp³-hybridized carbons (Fsp3) is 0.389. The van der Waals surface area contributed by atoms with E-state index in [0.29, 0.717) is 27.0 Å². The van der Waals surface area contributed by atoms with Crippen LogP contribution in [0, 0.1) is 0 Å². The van der Waals surface area contributed by atoms with E-state index < -0.39 is 12.0 Å². The Hall–Kier alpha value is -1.90. The molecule has 142 valence electrons. The van der Waals surface area contributed by atoms with E-state index in [-0.39, 0.29) is 5.91 Å². The third-order valence-electron chi connectivity index (χ3n) is 4.72. The summed E-state index contributed by atoms with van der Waals surface area (Å²) in [5, 5.41) is 7.39. The Morgan fingerprint density at radius 3 is 2.78 bits per heavy atom. The number of anilines is 1. The van der Waals surface area contributed by atoms with Crippen LogP contribution in [-0.2, 0) is 22.5 Å². The van der Waals surface area contributed by atoms with Crippen LogP contribution in [0.25, 0.3) is 0 Å². The van der Waals surface area contributed by atoms with Crippen LogP contribution in [0.3, 0.4) is 0 Å². The van der Waals surface area contributed by atoms with E-state index in [9.17, 15) is 9.59 Å². The predicted octanol–water partition coefficient (Wildman–Crippen LogP) is 3.96. The summed E-state index contributed by atoms with van der Waals surface area (Å²) in [5.41, 5.74) is 7.76. The van der Waals surface area contributed by atoms with E-state index in [1.165, 1.54) is 22.7 Å². The molecule has 3 heterocycles. The van der Waals surface area contributed by atoms with Crippen LogP contribution >= 0.6 is 34.3 Å². The van der Waals surface area contributed by atoms with Crippen molar-refractivity contribution in [3.05, 3.63) is 37.4 Å². The zero-order valence-electron chi connectivity index (χ0n) is 14.4. The van der Waals surface area contributed by atoms with Crippen LogP contribution in [-0.4, -0.2) is 23.6 Å². The number of nitrogens with two attached hydrogens (primary N) is 1. The Balaban J connectivity index is 1.50. The molecular weight excluding hydrogens is 406 g/mol. The highest BCUT2D eigenvalue weighted by molar-refractivity contribution is 7.18. The molecule has 2 aromatic heterocycles. The van der Waals surface area contributed by atoms with Crippen molar-refractivity contribution < 1.29 is 14.4 Å². The number of nitrogens with zero attached hydrogens (tertiary/aromatic N) is 1. The number of oxime groups is 1. The molecule has 1 aliphatic carbocycles. The van der Waals surface area contributed by atoms with E-state index in [0.717, 1.165) is 47.4 Å². The summed E-state index contributed by atoms with van der Waals surface area (Å²) in [5.74, 6) is -0.822. The standard InChI is InChI=1S/C18H18ClN3O3S2/c19-14-7-6-13(26-14)10-8-11(25-22-10)17(24)21-18-15(16(20)23)9-4-2-1-3-5-12(9)27-18/h6-7,11H,1-5,8H2,(H2,20,23)(H,21,24). The zero-order chi connectivity index (χ0) is 19.0. The molecule has 0 fully saturated rings. The van der Waals surface area contributed by atoms with Crippen LogP contribution in [0.1, 0.15) is 51.4 Å². The molecule has 6 nitrogen and oxygen atoms in total. The number of nitrogens with one attached hydrogen (secondary N) is 1. The van der Waals surface area contributed by atoms with Crippen molar-refractivity contribution in [1.29, 1.82) is 0 Å². The molecule has 4 rings (SSSR count). The van der Waals surface area contributed by atoms with Crippen LogP contribution in [0.5, 0.6) is 0 Å². The Morgan fingerprint density at radius 1 is 1.22 bits per heavy atom. The van der Waals surface area contributed by atoms with Gasteiger partial charge < -0.3 is 15.9 Å². The maximum atomic E-state index is 12.7. The Labute approximate surface area is 169 Å². The number of hydrogen-bond acceptors (Lipinski definition) is 6. The summed E-state index contributed by atoms with van der Waals surface area (Å²) in [6.07, 6.45) is 4.64. The highest BCUT2D eigenvalue weighted by Crippen LogP contribution is 2.37. The minimum atomic E-state index is -0.733. The van der Waals surface area contributed by atoms with Gasteiger partial charge in [-0.2, -0.15) is 0 Å². The number of amides is 2. The molecule has 2 aliphatic rings. The number of halogens is 1. The molecule has 3 N–H and O–H groups in total. The van der Waals surface area contributed by atoms with Gasteiger partial charge in [0.05, 0.1) is 14.8 Å². The lowest BCUT2D eigenvalue weighted by atomic mass is 10.0. The summed E-state index contributed by atoms with van der Waals surface area (Å²) >= 11 is 8.80. The number of primary amides is 1. The SMILES string of the molecule is NC(=O)c1c(NC(=O)C2CC(c3ccc(Cl)s3)=NO2)sc2c1CCCCC2. The van der Waals surface area contributed by atoms with Crippen LogP contribution < -0.4 is 11.1 Å². The highest BCUT2D eigenvalue weighted by Gasteiger charge is 2.32. The van der Waals surface area contributed by atoms with Gasteiger partial charge in [-0.1, -0.05) is 23.2 Å². The van der Waals surface area contributed by atoms with Crippen molar-refractivity contribution in [3.8, 4) is 0 Å². The number of fused-ring (bicyclic) bond motifs is 1. The maximum Gasteiger partial charge on any atom is 0.269 e. The molecule has 0 bridgehead atoms. The molecule has 0 saturated heterocycles. The molecule has 1 atom stereocenters. The van der Waals surface area contributed by atoms with Gasteiger partial charge in [-0.15, -0.1) is 22.7 Å². The number of hydrogen-bond donors (Lipinski definition) is 2. The minimum absolute atomic E-state index is 0.324. The Bertz CT molecular complexity index is 934. The molecule has 0 spiro atoms. The number of carbonyl (C=O) groups excluding carboxylic acids is 2. The number of aryl methyl sites for hydroxylation is 1. The first kappa shape index (κ1) is 18.5. The minimum Gasteiger partial charge on any atom is -0.382 e. The molecular formula is C18H18ClN3O3S2. The van der Waals surface area contributed by atoms with Gasteiger partial charge in [0.25, 0.3) is 11.8 Å². The third-order valence-corrected chi connectivity index (χ3v) is 7.21. The number of thiophene rings is 2. The lowest BCUT2D eigenvalue weighted by molar-refractivity contribution is -0.125. The first-order valence-electron chi connectivity index (χ1n) is 8.76. The average molecular weight is 424 g/mol. The van der Waals surface area contributed by atoms with Gasteiger partial charge in [-0.05, 0) is 43.4 Å². The monoisotopic (exact) mass is 423 g/mol.